The summed E-state index contributed by atoms with van der Waals surface area (Å²) >= 11 is 0. The molecule has 1 aliphatic heterocycles. The maximum Gasteiger partial charge on any atom is 0.160 e. The number of carbonyl (C=O) groups excluding carboxylic acids is 1. The molecular weight excluding hydrogens is 262 g/mol. The number of rotatable bonds is 2. The summed E-state index contributed by atoms with van der Waals surface area (Å²) in [5.41, 5.74) is 5.08. The van der Waals surface area contributed by atoms with Gasteiger partial charge in [0.2, 0.25) is 0 Å². The first-order chi connectivity index (χ1) is 10.1. The number of nitrogens with one attached hydrogen (secondary N) is 1. The van der Waals surface area contributed by atoms with E-state index >= 15 is 0 Å². The van der Waals surface area contributed by atoms with Crippen molar-refractivity contribution in [3.63, 3.8) is 0 Å². The van der Waals surface area contributed by atoms with Crippen LogP contribution < -0.4 is 5.32 Å². The Hall–Kier alpha value is -2.39. The lowest BCUT2D eigenvalue weighted by Gasteiger charge is -2.28. The van der Waals surface area contributed by atoms with Crippen LogP contribution in [0.3, 0.4) is 0 Å². The van der Waals surface area contributed by atoms with Crippen LogP contribution in [-0.4, -0.2) is 17.1 Å². The second kappa shape index (κ2) is 5.19. The van der Waals surface area contributed by atoms with Gasteiger partial charge in [-0.3, -0.25) is 4.79 Å². The molecule has 2 aromatic rings. The third-order valence-corrected chi connectivity index (χ3v) is 3.72. The van der Waals surface area contributed by atoms with Crippen LogP contribution in [-0.2, 0) is 4.79 Å². The molecule has 0 saturated carbocycles. The minimum Gasteiger partial charge on any atom is -0.369 e. The van der Waals surface area contributed by atoms with Crippen molar-refractivity contribution in [2.75, 3.05) is 5.32 Å². The van der Waals surface area contributed by atoms with E-state index in [9.17, 15) is 9.90 Å². The van der Waals surface area contributed by atoms with E-state index < -0.39 is 6.23 Å². The fourth-order valence-electron chi connectivity index (χ4n) is 2.78. The molecule has 0 saturated heterocycles. The Morgan fingerprint density at radius 1 is 1.14 bits per heavy atom. The molecule has 106 valence electrons. The molecule has 3 heteroatoms. The second-order valence-corrected chi connectivity index (χ2v) is 5.31. The van der Waals surface area contributed by atoms with Gasteiger partial charge in [0.25, 0.3) is 0 Å². The highest BCUT2D eigenvalue weighted by Gasteiger charge is 2.28. The van der Waals surface area contributed by atoms with Gasteiger partial charge < -0.3 is 10.4 Å². The maximum atomic E-state index is 12.0. The van der Waals surface area contributed by atoms with Gasteiger partial charge >= 0.3 is 0 Å². The van der Waals surface area contributed by atoms with Crippen LogP contribution >= 0.6 is 0 Å². The Morgan fingerprint density at radius 2 is 1.86 bits per heavy atom. The summed E-state index contributed by atoms with van der Waals surface area (Å²) < 4.78 is 0. The Balaban J connectivity index is 2.34. The monoisotopic (exact) mass is 279 g/mol. The number of aryl methyl sites for hydroxylation is 1. The smallest absolute Gasteiger partial charge is 0.160 e. The van der Waals surface area contributed by atoms with E-state index in [0.717, 1.165) is 28.0 Å². The van der Waals surface area contributed by atoms with Crippen molar-refractivity contribution in [1.82, 2.24) is 0 Å². The van der Waals surface area contributed by atoms with Crippen LogP contribution in [0.5, 0.6) is 0 Å². The van der Waals surface area contributed by atoms with Crippen LogP contribution in [0, 0.1) is 6.92 Å². The Labute approximate surface area is 123 Å². The SMILES string of the molecule is CC(=O)C1=C(c2ccccc2)c2cc(C)ccc2NC1O. The molecule has 1 atom stereocenters. The molecule has 0 bridgehead atoms. The lowest BCUT2D eigenvalue weighted by molar-refractivity contribution is -0.114. The molecule has 0 spiro atoms. The number of hydrogen-bond acceptors (Lipinski definition) is 3. The van der Waals surface area contributed by atoms with Crippen molar-refractivity contribution in [3.8, 4) is 0 Å². The predicted molar refractivity (Wildman–Crippen MR) is 84.0 cm³/mol. The summed E-state index contributed by atoms with van der Waals surface area (Å²) in [4.78, 5) is 12.0. The molecule has 0 amide bonds. The van der Waals surface area contributed by atoms with Crippen molar-refractivity contribution >= 4 is 17.0 Å². The first kappa shape index (κ1) is 13.6. The molecule has 2 aromatic carbocycles. The average Bonchev–Trinajstić information content (AvgIpc) is 2.47. The quantitative estimate of drug-likeness (QED) is 0.888. The van der Waals surface area contributed by atoms with Gasteiger partial charge in [0.1, 0.15) is 0 Å². The molecule has 2 N–H and O–H groups in total. The predicted octanol–water partition coefficient (Wildman–Crippen LogP) is 3.13. The molecule has 0 aromatic heterocycles. The van der Waals surface area contributed by atoms with Gasteiger partial charge in [0.05, 0.1) is 5.57 Å². The summed E-state index contributed by atoms with van der Waals surface area (Å²) in [5.74, 6) is -0.124. The van der Waals surface area contributed by atoms with E-state index in [1.54, 1.807) is 0 Å². The lowest BCUT2D eigenvalue weighted by atomic mass is 9.86. The summed E-state index contributed by atoms with van der Waals surface area (Å²) in [6, 6.07) is 15.7. The number of hydrogen-bond donors (Lipinski definition) is 2. The zero-order chi connectivity index (χ0) is 15.0. The molecule has 3 rings (SSSR count). The fraction of sp³-hybridized carbons (Fsp3) is 0.167. The number of aliphatic hydroxyl groups excluding tert-OH is 1. The van der Waals surface area contributed by atoms with Gasteiger partial charge in [-0.2, -0.15) is 0 Å². The van der Waals surface area contributed by atoms with E-state index in [4.69, 9.17) is 0 Å². The van der Waals surface area contributed by atoms with Crippen molar-refractivity contribution in [2.45, 2.75) is 20.1 Å². The van der Waals surface area contributed by atoms with Crippen LogP contribution in [0.1, 0.15) is 23.6 Å². The third-order valence-electron chi connectivity index (χ3n) is 3.72. The summed E-state index contributed by atoms with van der Waals surface area (Å²) in [5, 5.41) is 13.3. The molecule has 1 unspecified atom stereocenters. The van der Waals surface area contributed by atoms with Gasteiger partial charge in [-0.25, -0.2) is 0 Å². The average molecular weight is 279 g/mol. The summed E-state index contributed by atoms with van der Waals surface area (Å²) in [6.07, 6.45) is -0.979. The minimum absolute atomic E-state index is 0.124. The van der Waals surface area contributed by atoms with E-state index in [2.05, 4.69) is 5.32 Å². The summed E-state index contributed by atoms with van der Waals surface area (Å²) in [6.45, 7) is 3.51. The Kier molecular flexibility index (Phi) is 3.35. The van der Waals surface area contributed by atoms with E-state index in [1.807, 2.05) is 55.5 Å². The second-order valence-electron chi connectivity index (χ2n) is 5.31. The standard InChI is InChI=1S/C18H17NO2/c1-11-8-9-15-14(10-11)17(13-6-4-3-5-7-13)16(12(2)20)18(21)19-15/h3-10,18-19,21H,1-2H3. The summed E-state index contributed by atoms with van der Waals surface area (Å²) in [7, 11) is 0. The number of Topliss-reactive ketones (excluding diaryl/α,β-unsaturated/α-hetero) is 1. The Morgan fingerprint density at radius 3 is 2.52 bits per heavy atom. The molecule has 21 heavy (non-hydrogen) atoms. The van der Waals surface area contributed by atoms with Gasteiger partial charge in [-0.1, -0.05) is 42.0 Å². The van der Waals surface area contributed by atoms with Crippen LogP contribution in [0.2, 0.25) is 0 Å². The van der Waals surface area contributed by atoms with Crippen molar-refractivity contribution in [1.29, 1.82) is 0 Å². The molecule has 0 aliphatic carbocycles. The van der Waals surface area contributed by atoms with Crippen molar-refractivity contribution in [2.24, 2.45) is 0 Å². The van der Waals surface area contributed by atoms with Crippen LogP contribution in [0.15, 0.2) is 54.1 Å². The van der Waals surface area contributed by atoms with E-state index in [1.165, 1.54) is 6.92 Å². The number of anilines is 1. The molecule has 1 aliphatic rings. The number of ketones is 1. The van der Waals surface area contributed by atoms with E-state index in [-0.39, 0.29) is 5.78 Å². The number of benzene rings is 2. The van der Waals surface area contributed by atoms with Gasteiger partial charge in [-0.05, 0) is 31.5 Å². The molecular formula is C18H17NO2. The van der Waals surface area contributed by atoms with Crippen LogP contribution in [0.4, 0.5) is 5.69 Å². The number of fused-ring (bicyclic) bond motifs is 1. The van der Waals surface area contributed by atoms with Crippen molar-refractivity contribution in [3.05, 3.63) is 70.8 Å². The first-order valence-corrected chi connectivity index (χ1v) is 6.94. The third kappa shape index (κ3) is 2.36. The largest absolute Gasteiger partial charge is 0.369 e. The zero-order valence-electron chi connectivity index (χ0n) is 12.1. The number of carbonyl (C=O) groups is 1. The zero-order valence-corrected chi connectivity index (χ0v) is 12.1. The fourth-order valence-corrected chi connectivity index (χ4v) is 2.78. The van der Waals surface area contributed by atoms with Gasteiger partial charge in [0.15, 0.2) is 12.0 Å². The molecule has 1 heterocycles. The first-order valence-electron chi connectivity index (χ1n) is 6.94. The lowest BCUT2D eigenvalue weighted by Crippen LogP contribution is -2.30. The molecule has 0 radical (unpaired) electrons. The van der Waals surface area contributed by atoms with Gasteiger partial charge in [-0.15, -0.1) is 0 Å². The molecule has 0 fully saturated rings. The maximum absolute atomic E-state index is 12.0. The topological polar surface area (TPSA) is 49.3 Å². The Bertz CT molecular complexity index is 732. The van der Waals surface area contributed by atoms with E-state index in [0.29, 0.717) is 5.57 Å². The highest BCUT2D eigenvalue weighted by molar-refractivity contribution is 6.08. The minimum atomic E-state index is -0.979. The molecule has 3 nitrogen and oxygen atoms in total. The number of aliphatic hydroxyl groups is 1. The highest BCUT2D eigenvalue weighted by Crippen LogP contribution is 2.38. The van der Waals surface area contributed by atoms with Gasteiger partial charge in [0, 0.05) is 16.8 Å². The van der Waals surface area contributed by atoms with Crippen LogP contribution in [0.25, 0.3) is 5.57 Å². The highest BCUT2D eigenvalue weighted by atomic mass is 16.3. The van der Waals surface area contributed by atoms with Crippen molar-refractivity contribution < 1.29 is 9.90 Å². The normalized spacial score (nSPS) is 17.2.